The molecule has 0 aliphatic heterocycles. The van der Waals surface area contributed by atoms with Crippen LogP contribution in [0.2, 0.25) is 0 Å². The molecule has 0 aromatic carbocycles. The van der Waals surface area contributed by atoms with Crippen LogP contribution in [0, 0.1) is 5.92 Å². The normalized spacial score (nSPS) is 16.8. The van der Waals surface area contributed by atoms with Crippen molar-refractivity contribution in [3.05, 3.63) is 0 Å². The second-order valence-electron chi connectivity index (χ2n) is 4.75. The van der Waals surface area contributed by atoms with Gasteiger partial charge in [-0.05, 0) is 25.7 Å². The van der Waals surface area contributed by atoms with E-state index >= 15 is 0 Å². The van der Waals surface area contributed by atoms with E-state index < -0.39 is 12.2 Å². The van der Waals surface area contributed by atoms with Crippen LogP contribution in [-0.4, -0.2) is 45.8 Å². The van der Waals surface area contributed by atoms with Crippen molar-refractivity contribution in [2.24, 2.45) is 5.92 Å². The minimum atomic E-state index is -0.435. The van der Waals surface area contributed by atoms with Crippen LogP contribution in [-0.2, 0) is 0 Å². The minimum Gasteiger partial charge on any atom is -0.396 e. The Morgan fingerprint density at radius 3 is 2.06 bits per heavy atom. The second kappa shape index (κ2) is 11.0. The van der Waals surface area contributed by atoms with Gasteiger partial charge in [0.1, 0.15) is 0 Å². The molecule has 4 N–H and O–H groups in total. The average molecular weight is 248 g/mol. The first-order chi connectivity index (χ1) is 8.15. The summed E-state index contributed by atoms with van der Waals surface area (Å²) in [6.45, 7) is 2.11. The Balaban J connectivity index is 3.58. The van der Waals surface area contributed by atoms with E-state index in [2.05, 4.69) is 0 Å². The van der Waals surface area contributed by atoms with E-state index in [9.17, 15) is 10.2 Å². The third kappa shape index (κ3) is 8.55. The highest BCUT2D eigenvalue weighted by Gasteiger charge is 2.17. The predicted octanol–water partition coefficient (Wildman–Crippen LogP) is 1.06. The highest BCUT2D eigenvalue weighted by Crippen LogP contribution is 2.17. The molecule has 3 unspecified atom stereocenters. The number of unbranched alkanes of at least 4 members (excludes halogenated alkanes) is 1. The average Bonchev–Trinajstić information content (AvgIpc) is 2.31. The molecule has 0 heterocycles. The molecule has 4 heteroatoms. The van der Waals surface area contributed by atoms with Crippen molar-refractivity contribution in [3.63, 3.8) is 0 Å². The zero-order valence-electron chi connectivity index (χ0n) is 10.9. The third-order valence-corrected chi connectivity index (χ3v) is 3.19. The van der Waals surface area contributed by atoms with E-state index in [-0.39, 0.29) is 19.1 Å². The summed E-state index contributed by atoms with van der Waals surface area (Å²) in [5, 5.41) is 37.0. The van der Waals surface area contributed by atoms with Gasteiger partial charge in [-0.25, -0.2) is 0 Å². The standard InChI is InChI=1S/C13H28O4/c1-2-5-11(10-15)13(17)7-4-3-6-12(16)8-9-14/h11-17H,2-10H2,1H3. The first-order valence-corrected chi connectivity index (χ1v) is 6.73. The van der Waals surface area contributed by atoms with Crippen molar-refractivity contribution in [1.82, 2.24) is 0 Å². The molecular weight excluding hydrogens is 220 g/mol. The summed E-state index contributed by atoms with van der Waals surface area (Å²) in [5.74, 6) is -0.0117. The van der Waals surface area contributed by atoms with Gasteiger partial charge in [0.25, 0.3) is 0 Å². The fourth-order valence-corrected chi connectivity index (χ4v) is 2.04. The SMILES string of the molecule is CCCC(CO)C(O)CCCCC(O)CCO. The van der Waals surface area contributed by atoms with Gasteiger partial charge in [-0.15, -0.1) is 0 Å². The van der Waals surface area contributed by atoms with Crippen LogP contribution in [0.15, 0.2) is 0 Å². The Hall–Kier alpha value is -0.160. The molecule has 0 spiro atoms. The van der Waals surface area contributed by atoms with Gasteiger partial charge in [0.2, 0.25) is 0 Å². The topological polar surface area (TPSA) is 80.9 Å². The highest BCUT2D eigenvalue weighted by atomic mass is 16.3. The summed E-state index contributed by atoms with van der Waals surface area (Å²) in [6, 6.07) is 0. The molecule has 0 aliphatic rings. The molecule has 0 rings (SSSR count). The van der Waals surface area contributed by atoms with Gasteiger partial charge in [-0.3, -0.25) is 0 Å². The van der Waals surface area contributed by atoms with Gasteiger partial charge in [-0.1, -0.05) is 26.2 Å². The van der Waals surface area contributed by atoms with Crippen molar-refractivity contribution >= 4 is 0 Å². The molecule has 0 amide bonds. The molecule has 0 aliphatic carbocycles. The Labute approximate surface area is 104 Å². The first-order valence-electron chi connectivity index (χ1n) is 6.73. The predicted molar refractivity (Wildman–Crippen MR) is 67.7 cm³/mol. The van der Waals surface area contributed by atoms with Crippen LogP contribution in [0.25, 0.3) is 0 Å². The zero-order chi connectivity index (χ0) is 13.1. The lowest BCUT2D eigenvalue weighted by molar-refractivity contribution is 0.0523. The van der Waals surface area contributed by atoms with Crippen LogP contribution in [0.1, 0.15) is 51.9 Å². The van der Waals surface area contributed by atoms with Gasteiger partial charge < -0.3 is 20.4 Å². The minimum absolute atomic E-state index is 0.0117. The summed E-state index contributed by atoms with van der Waals surface area (Å²) < 4.78 is 0. The molecule has 0 saturated carbocycles. The fraction of sp³-hybridized carbons (Fsp3) is 1.00. The Morgan fingerprint density at radius 2 is 1.53 bits per heavy atom. The van der Waals surface area contributed by atoms with Crippen molar-refractivity contribution in [2.75, 3.05) is 13.2 Å². The molecule has 0 bridgehead atoms. The lowest BCUT2D eigenvalue weighted by atomic mass is 9.93. The summed E-state index contributed by atoms with van der Waals surface area (Å²) >= 11 is 0. The van der Waals surface area contributed by atoms with Crippen LogP contribution in [0.5, 0.6) is 0 Å². The van der Waals surface area contributed by atoms with Crippen molar-refractivity contribution in [3.8, 4) is 0 Å². The Morgan fingerprint density at radius 1 is 0.882 bits per heavy atom. The van der Waals surface area contributed by atoms with E-state index in [1.165, 1.54) is 0 Å². The Kier molecular flexibility index (Phi) is 10.9. The number of aliphatic hydroxyl groups is 4. The van der Waals surface area contributed by atoms with Gasteiger partial charge in [-0.2, -0.15) is 0 Å². The molecule has 3 atom stereocenters. The number of rotatable bonds is 11. The van der Waals surface area contributed by atoms with E-state index in [1.807, 2.05) is 6.92 Å². The number of hydrogen-bond donors (Lipinski definition) is 4. The van der Waals surface area contributed by atoms with E-state index in [0.717, 1.165) is 25.7 Å². The van der Waals surface area contributed by atoms with Crippen LogP contribution in [0.4, 0.5) is 0 Å². The molecule has 0 saturated heterocycles. The maximum Gasteiger partial charge on any atom is 0.0590 e. The largest absolute Gasteiger partial charge is 0.396 e. The maximum absolute atomic E-state index is 9.85. The van der Waals surface area contributed by atoms with E-state index in [0.29, 0.717) is 19.3 Å². The number of hydrogen-bond acceptors (Lipinski definition) is 4. The molecule has 0 aromatic heterocycles. The molecule has 17 heavy (non-hydrogen) atoms. The van der Waals surface area contributed by atoms with Crippen LogP contribution >= 0.6 is 0 Å². The lowest BCUT2D eigenvalue weighted by Gasteiger charge is -2.20. The van der Waals surface area contributed by atoms with E-state index in [1.54, 1.807) is 0 Å². The monoisotopic (exact) mass is 248 g/mol. The maximum atomic E-state index is 9.85. The summed E-state index contributed by atoms with van der Waals surface area (Å²) in [4.78, 5) is 0. The smallest absolute Gasteiger partial charge is 0.0590 e. The molecule has 0 aromatic rings. The molecule has 0 fully saturated rings. The highest BCUT2D eigenvalue weighted by molar-refractivity contribution is 4.68. The van der Waals surface area contributed by atoms with Crippen LogP contribution in [0.3, 0.4) is 0 Å². The van der Waals surface area contributed by atoms with Crippen molar-refractivity contribution in [1.29, 1.82) is 0 Å². The quantitative estimate of drug-likeness (QED) is 0.412. The van der Waals surface area contributed by atoms with Crippen LogP contribution < -0.4 is 0 Å². The van der Waals surface area contributed by atoms with Gasteiger partial charge >= 0.3 is 0 Å². The number of aliphatic hydroxyl groups excluding tert-OH is 4. The van der Waals surface area contributed by atoms with Gasteiger partial charge in [0, 0.05) is 19.1 Å². The summed E-state index contributed by atoms with van der Waals surface area (Å²) in [5.41, 5.74) is 0. The molecule has 4 nitrogen and oxygen atoms in total. The second-order valence-corrected chi connectivity index (χ2v) is 4.75. The van der Waals surface area contributed by atoms with E-state index in [4.69, 9.17) is 10.2 Å². The fourth-order valence-electron chi connectivity index (χ4n) is 2.04. The van der Waals surface area contributed by atoms with Crippen molar-refractivity contribution in [2.45, 2.75) is 64.1 Å². The molecular formula is C13H28O4. The van der Waals surface area contributed by atoms with Gasteiger partial charge in [0.05, 0.1) is 12.2 Å². The van der Waals surface area contributed by atoms with Gasteiger partial charge in [0.15, 0.2) is 0 Å². The Bertz CT molecular complexity index is 163. The molecule has 0 radical (unpaired) electrons. The molecule has 104 valence electrons. The summed E-state index contributed by atoms with van der Waals surface area (Å²) in [6.07, 6.45) is 4.44. The third-order valence-electron chi connectivity index (χ3n) is 3.19. The first kappa shape index (κ1) is 16.8. The zero-order valence-corrected chi connectivity index (χ0v) is 10.9. The lowest BCUT2D eigenvalue weighted by Crippen LogP contribution is -2.23. The van der Waals surface area contributed by atoms with Crippen molar-refractivity contribution < 1.29 is 20.4 Å². The summed E-state index contributed by atoms with van der Waals surface area (Å²) in [7, 11) is 0.